The highest BCUT2D eigenvalue weighted by atomic mass is 35.5. The zero-order valence-corrected chi connectivity index (χ0v) is 16.6. The fourth-order valence-corrected chi connectivity index (χ4v) is 3.71. The quantitative estimate of drug-likeness (QED) is 0.783. The smallest absolute Gasteiger partial charge is 0.222 e. The van der Waals surface area contributed by atoms with Crippen molar-refractivity contribution in [2.45, 2.75) is 39.5 Å². The number of carbonyl (C=O) groups excluding carboxylic acids is 1. The van der Waals surface area contributed by atoms with Crippen LogP contribution in [0.3, 0.4) is 0 Å². The minimum Gasteiger partial charge on any atom is -0.342 e. The van der Waals surface area contributed by atoms with Gasteiger partial charge in [-0.1, -0.05) is 13.8 Å². The van der Waals surface area contributed by atoms with E-state index in [2.05, 4.69) is 36.0 Å². The van der Waals surface area contributed by atoms with E-state index in [9.17, 15) is 4.79 Å². The lowest BCUT2D eigenvalue weighted by Crippen LogP contribution is -2.37. The zero-order chi connectivity index (χ0) is 15.2. The Morgan fingerprint density at radius 1 is 1.35 bits per heavy atom. The second-order valence-electron chi connectivity index (χ2n) is 7.14. The summed E-state index contributed by atoms with van der Waals surface area (Å²) in [6, 6.07) is 0. The van der Waals surface area contributed by atoms with Crippen molar-refractivity contribution in [3.63, 3.8) is 0 Å². The van der Waals surface area contributed by atoms with Crippen LogP contribution in [-0.4, -0.2) is 62.0 Å². The number of rotatable bonds is 6. The SMILES string of the molecule is CCN(C)CC1CCN(C(=O)CC(C)C2CCCNC2)C1.Cl.Cl. The molecule has 2 rings (SSSR count). The van der Waals surface area contributed by atoms with Gasteiger partial charge in [-0.25, -0.2) is 0 Å². The molecule has 0 bridgehead atoms. The molecule has 0 aromatic heterocycles. The maximum Gasteiger partial charge on any atom is 0.222 e. The Kier molecular flexibility index (Phi) is 11.5. The average Bonchev–Trinajstić information content (AvgIpc) is 2.96. The first-order chi connectivity index (χ1) is 10.1. The van der Waals surface area contributed by atoms with E-state index < -0.39 is 0 Å². The topological polar surface area (TPSA) is 35.6 Å². The average molecular weight is 368 g/mol. The van der Waals surface area contributed by atoms with Crippen molar-refractivity contribution in [1.82, 2.24) is 15.1 Å². The van der Waals surface area contributed by atoms with Crippen LogP contribution >= 0.6 is 24.8 Å². The van der Waals surface area contributed by atoms with E-state index in [0.717, 1.165) is 45.7 Å². The standard InChI is InChI=1S/C17H33N3O.2ClH/c1-4-19(3)12-15-7-9-20(13-15)17(21)10-14(2)16-6-5-8-18-11-16;;/h14-16,18H,4-13H2,1-3H3;2*1H. The zero-order valence-electron chi connectivity index (χ0n) is 14.9. The van der Waals surface area contributed by atoms with Gasteiger partial charge < -0.3 is 15.1 Å². The Morgan fingerprint density at radius 3 is 2.70 bits per heavy atom. The minimum absolute atomic E-state index is 0. The summed E-state index contributed by atoms with van der Waals surface area (Å²) in [5, 5.41) is 3.46. The van der Waals surface area contributed by atoms with Crippen LogP contribution < -0.4 is 5.32 Å². The van der Waals surface area contributed by atoms with E-state index in [1.165, 1.54) is 19.3 Å². The molecule has 0 aromatic rings. The summed E-state index contributed by atoms with van der Waals surface area (Å²) in [5.74, 6) is 2.26. The van der Waals surface area contributed by atoms with Crippen LogP contribution in [0.4, 0.5) is 0 Å². The molecule has 2 saturated heterocycles. The Morgan fingerprint density at radius 2 is 2.09 bits per heavy atom. The molecule has 4 nitrogen and oxygen atoms in total. The first-order valence-electron chi connectivity index (χ1n) is 8.77. The number of carbonyl (C=O) groups is 1. The van der Waals surface area contributed by atoms with Crippen molar-refractivity contribution >= 4 is 30.7 Å². The number of nitrogens with zero attached hydrogens (tertiary/aromatic N) is 2. The summed E-state index contributed by atoms with van der Waals surface area (Å²) in [6.45, 7) is 10.9. The molecular formula is C17H35Cl2N3O. The fourth-order valence-electron chi connectivity index (χ4n) is 3.71. The highest BCUT2D eigenvalue weighted by Crippen LogP contribution is 2.25. The van der Waals surface area contributed by atoms with Crippen LogP contribution in [0.25, 0.3) is 0 Å². The molecule has 23 heavy (non-hydrogen) atoms. The third kappa shape index (κ3) is 7.16. The van der Waals surface area contributed by atoms with Crippen LogP contribution in [0.15, 0.2) is 0 Å². The van der Waals surface area contributed by atoms with Crippen molar-refractivity contribution in [1.29, 1.82) is 0 Å². The highest BCUT2D eigenvalue weighted by Gasteiger charge is 2.29. The van der Waals surface area contributed by atoms with Gasteiger partial charge in [0.05, 0.1) is 0 Å². The number of likely N-dealkylation sites (tertiary alicyclic amines) is 1. The molecule has 3 atom stereocenters. The Labute approximate surface area is 154 Å². The molecule has 138 valence electrons. The maximum atomic E-state index is 12.5. The molecule has 0 spiro atoms. The van der Waals surface area contributed by atoms with Gasteiger partial charge in [0.25, 0.3) is 0 Å². The summed E-state index contributed by atoms with van der Waals surface area (Å²) in [5.41, 5.74) is 0. The summed E-state index contributed by atoms with van der Waals surface area (Å²) in [7, 11) is 2.17. The van der Waals surface area contributed by atoms with Gasteiger partial charge in [-0.2, -0.15) is 0 Å². The molecule has 2 aliphatic heterocycles. The lowest BCUT2D eigenvalue weighted by atomic mass is 9.85. The number of amides is 1. The minimum atomic E-state index is 0. The highest BCUT2D eigenvalue weighted by molar-refractivity contribution is 5.85. The number of hydrogen-bond donors (Lipinski definition) is 1. The van der Waals surface area contributed by atoms with Crippen LogP contribution in [0.5, 0.6) is 0 Å². The second kappa shape index (κ2) is 11.5. The summed E-state index contributed by atoms with van der Waals surface area (Å²) in [6.07, 6.45) is 4.46. The van der Waals surface area contributed by atoms with E-state index in [1.54, 1.807) is 0 Å². The first kappa shape index (κ1) is 23.0. The molecule has 2 aliphatic rings. The second-order valence-corrected chi connectivity index (χ2v) is 7.14. The maximum absolute atomic E-state index is 12.5. The first-order valence-corrected chi connectivity index (χ1v) is 8.77. The van der Waals surface area contributed by atoms with Gasteiger partial charge in [-0.15, -0.1) is 24.8 Å². The molecular weight excluding hydrogens is 333 g/mol. The van der Waals surface area contributed by atoms with Crippen LogP contribution in [0.1, 0.15) is 39.5 Å². The fraction of sp³-hybridized carbons (Fsp3) is 0.941. The number of hydrogen-bond acceptors (Lipinski definition) is 3. The molecule has 0 aliphatic carbocycles. The Bertz CT molecular complexity index is 338. The third-order valence-corrected chi connectivity index (χ3v) is 5.38. The Balaban J connectivity index is 0.00000242. The van der Waals surface area contributed by atoms with Crippen molar-refractivity contribution in [2.24, 2.45) is 17.8 Å². The molecule has 0 saturated carbocycles. The van der Waals surface area contributed by atoms with Gasteiger partial charge >= 0.3 is 0 Å². The van der Waals surface area contributed by atoms with Crippen molar-refractivity contribution in [3.05, 3.63) is 0 Å². The van der Waals surface area contributed by atoms with Crippen molar-refractivity contribution in [3.8, 4) is 0 Å². The molecule has 2 fully saturated rings. The predicted octanol–water partition coefficient (Wildman–Crippen LogP) is 2.66. The van der Waals surface area contributed by atoms with Crippen LogP contribution in [0, 0.1) is 17.8 Å². The summed E-state index contributed by atoms with van der Waals surface area (Å²) < 4.78 is 0. The van der Waals surface area contributed by atoms with E-state index in [0.29, 0.717) is 23.7 Å². The largest absolute Gasteiger partial charge is 0.342 e. The van der Waals surface area contributed by atoms with E-state index in [1.807, 2.05) is 0 Å². The van der Waals surface area contributed by atoms with Gasteiger partial charge in [0.2, 0.25) is 5.91 Å². The van der Waals surface area contributed by atoms with Crippen molar-refractivity contribution in [2.75, 3.05) is 46.3 Å². The van der Waals surface area contributed by atoms with Gasteiger partial charge in [-0.05, 0) is 63.7 Å². The van der Waals surface area contributed by atoms with Crippen molar-refractivity contribution < 1.29 is 4.79 Å². The third-order valence-electron chi connectivity index (χ3n) is 5.38. The molecule has 1 amide bonds. The summed E-state index contributed by atoms with van der Waals surface area (Å²) in [4.78, 5) is 17.0. The molecule has 0 radical (unpaired) electrons. The lowest BCUT2D eigenvalue weighted by Gasteiger charge is -2.29. The molecule has 6 heteroatoms. The lowest BCUT2D eigenvalue weighted by molar-refractivity contribution is -0.131. The molecule has 1 N–H and O–H groups in total. The molecule has 0 aromatic carbocycles. The van der Waals surface area contributed by atoms with Crippen LogP contribution in [0.2, 0.25) is 0 Å². The van der Waals surface area contributed by atoms with E-state index in [4.69, 9.17) is 0 Å². The predicted molar refractivity (Wildman–Crippen MR) is 102 cm³/mol. The molecule has 3 unspecified atom stereocenters. The van der Waals surface area contributed by atoms with Crippen LogP contribution in [-0.2, 0) is 4.79 Å². The van der Waals surface area contributed by atoms with E-state index in [-0.39, 0.29) is 24.8 Å². The normalized spacial score (nSPS) is 25.7. The van der Waals surface area contributed by atoms with Gasteiger partial charge in [0.1, 0.15) is 0 Å². The van der Waals surface area contributed by atoms with Gasteiger partial charge in [0.15, 0.2) is 0 Å². The Hall–Kier alpha value is -0.0300. The number of halogens is 2. The van der Waals surface area contributed by atoms with Gasteiger partial charge in [0, 0.05) is 26.1 Å². The monoisotopic (exact) mass is 367 g/mol. The molecule has 2 heterocycles. The number of piperidine rings is 1. The number of nitrogens with one attached hydrogen (secondary N) is 1. The van der Waals surface area contributed by atoms with E-state index >= 15 is 0 Å². The van der Waals surface area contributed by atoms with Gasteiger partial charge in [-0.3, -0.25) is 4.79 Å². The summed E-state index contributed by atoms with van der Waals surface area (Å²) >= 11 is 0.